The second-order valence-electron chi connectivity index (χ2n) is 5.03. The molecule has 122 valence electrons. The van der Waals surface area contributed by atoms with Gasteiger partial charge in [-0.15, -0.1) is 0 Å². The van der Waals surface area contributed by atoms with E-state index in [1.54, 1.807) is 31.8 Å². The monoisotopic (exact) mass is 323 g/mol. The minimum Gasteiger partial charge on any atom is -0.493 e. The number of aromatic nitrogens is 2. The maximum Gasteiger partial charge on any atom is 0.262 e. The molecule has 6 heteroatoms. The summed E-state index contributed by atoms with van der Waals surface area (Å²) in [6, 6.07) is 14.7. The molecule has 6 nitrogen and oxygen atoms in total. The molecule has 0 spiro atoms. The first-order chi connectivity index (χ1) is 11.8. The molecule has 3 aromatic rings. The number of H-pyrrole nitrogens is 1. The molecule has 3 rings (SSSR count). The van der Waals surface area contributed by atoms with Gasteiger partial charge in [-0.25, -0.2) is 4.98 Å². The van der Waals surface area contributed by atoms with Crippen molar-refractivity contribution in [3.8, 4) is 22.8 Å². The number of para-hydroxylation sites is 2. The zero-order valence-electron chi connectivity index (χ0n) is 13.2. The third-order valence-corrected chi connectivity index (χ3v) is 3.38. The Morgan fingerprint density at radius 3 is 2.75 bits per heavy atom. The van der Waals surface area contributed by atoms with Crippen LogP contribution in [-0.4, -0.2) is 29.6 Å². The fourth-order valence-electron chi connectivity index (χ4n) is 2.26. The summed E-state index contributed by atoms with van der Waals surface area (Å²) in [7, 11) is 1.56. The standard InChI is InChI=1S/C18H17N3O3/c1-23-16-7-2-3-8-17(16)24-11-18(22)21-14-6-4-5-13(9-14)15-10-19-12-20-15/h2-10,12H,11H2,1H3,(H,19,20)(H,21,22). The SMILES string of the molecule is COc1ccccc1OCC(=O)Nc1cccc(-c2cnc[nH]2)c1. The second-order valence-corrected chi connectivity index (χ2v) is 5.03. The number of nitrogens with zero attached hydrogens (tertiary/aromatic N) is 1. The van der Waals surface area contributed by atoms with Crippen molar-refractivity contribution in [2.75, 3.05) is 19.0 Å². The zero-order valence-corrected chi connectivity index (χ0v) is 13.2. The van der Waals surface area contributed by atoms with Crippen LogP contribution in [0.1, 0.15) is 0 Å². The van der Waals surface area contributed by atoms with E-state index in [-0.39, 0.29) is 12.5 Å². The maximum atomic E-state index is 12.1. The van der Waals surface area contributed by atoms with E-state index in [1.165, 1.54) is 0 Å². The van der Waals surface area contributed by atoms with Crippen molar-refractivity contribution in [2.45, 2.75) is 0 Å². The highest BCUT2D eigenvalue weighted by Gasteiger charge is 2.08. The number of aromatic amines is 1. The van der Waals surface area contributed by atoms with E-state index in [9.17, 15) is 4.79 Å². The molecule has 0 saturated carbocycles. The molecule has 0 fully saturated rings. The number of amides is 1. The van der Waals surface area contributed by atoms with Crippen molar-refractivity contribution in [3.05, 3.63) is 61.1 Å². The smallest absolute Gasteiger partial charge is 0.262 e. The lowest BCUT2D eigenvalue weighted by Crippen LogP contribution is -2.20. The van der Waals surface area contributed by atoms with Gasteiger partial charge >= 0.3 is 0 Å². The summed E-state index contributed by atoms with van der Waals surface area (Å²) in [5.74, 6) is 0.871. The van der Waals surface area contributed by atoms with Gasteiger partial charge in [0.1, 0.15) is 0 Å². The molecular weight excluding hydrogens is 306 g/mol. The summed E-state index contributed by atoms with van der Waals surface area (Å²) >= 11 is 0. The fourth-order valence-corrected chi connectivity index (χ4v) is 2.26. The largest absolute Gasteiger partial charge is 0.493 e. The first kappa shape index (κ1) is 15.6. The van der Waals surface area contributed by atoms with Crippen LogP contribution in [0.15, 0.2) is 61.1 Å². The number of carbonyl (C=O) groups is 1. The van der Waals surface area contributed by atoms with Crippen molar-refractivity contribution < 1.29 is 14.3 Å². The average molecular weight is 323 g/mol. The number of hydrogen-bond donors (Lipinski definition) is 2. The topological polar surface area (TPSA) is 76.2 Å². The van der Waals surface area contributed by atoms with Crippen molar-refractivity contribution >= 4 is 11.6 Å². The number of benzene rings is 2. The molecule has 0 atom stereocenters. The molecule has 1 aromatic heterocycles. The predicted octanol–water partition coefficient (Wildman–Crippen LogP) is 3.10. The van der Waals surface area contributed by atoms with Gasteiger partial charge in [0.25, 0.3) is 5.91 Å². The van der Waals surface area contributed by atoms with E-state index in [1.807, 2.05) is 36.4 Å². The van der Waals surface area contributed by atoms with Crippen molar-refractivity contribution in [1.29, 1.82) is 0 Å². The molecule has 1 heterocycles. The molecule has 2 aromatic carbocycles. The van der Waals surface area contributed by atoms with Gasteiger partial charge in [-0.05, 0) is 24.3 Å². The lowest BCUT2D eigenvalue weighted by atomic mass is 10.1. The number of hydrogen-bond acceptors (Lipinski definition) is 4. The Hall–Kier alpha value is -3.28. The normalized spacial score (nSPS) is 10.2. The van der Waals surface area contributed by atoms with Gasteiger partial charge < -0.3 is 19.8 Å². The Morgan fingerprint density at radius 2 is 2.00 bits per heavy atom. The molecule has 0 aliphatic heterocycles. The van der Waals surface area contributed by atoms with Crippen LogP contribution >= 0.6 is 0 Å². The molecule has 0 saturated heterocycles. The van der Waals surface area contributed by atoms with Gasteiger partial charge in [0.2, 0.25) is 0 Å². The molecular formula is C18H17N3O3. The molecule has 2 N–H and O–H groups in total. The molecule has 0 aliphatic rings. The Morgan fingerprint density at radius 1 is 1.17 bits per heavy atom. The quantitative estimate of drug-likeness (QED) is 0.731. The van der Waals surface area contributed by atoms with E-state index < -0.39 is 0 Å². The fraction of sp³-hybridized carbons (Fsp3) is 0.111. The summed E-state index contributed by atoms with van der Waals surface area (Å²) in [5.41, 5.74) is 2.52. The number of carbonyl (C=O) groups excluding carboxylic acids is 1. The summed E-state index contributed by atoms with van der Waals surface area (Å²) in [4.78, 5) is 19.1. The number of rotatable bonds is 6. The van der Waals surface area contributed by atoms with E-state index >= 15 is 0 Å². The Bertz CT molecular complexity index is 816. The van der Waals surface area contributed by atoms with E-state index in [4.69, 9.17) is 9.47 Å². The summed E-state index contributed by atoms with van der Waals surface area (Å²) < 4.78 is 10.7. The highest BCUT2D eigenvalue weighted by molar-refractivity contribution is 5.92. The van der Waals surface area contributed by atoms with Crippen LogP contribution in [-0.2, 0) is 4.79 Å². The molecule has 1 amide bonds. The first-order valence-electron chi connectivity index (χ1n) is 7.41. The second kappa shape index (κ2) is 7.32. The van der Waals surface area contributed by atoms with Gasteiger partial charge in [-0.3, -0.25) is 4.79 Å². The number of nitrogens with one attached hydrogen (secondary N) is 2. The molecule has 0 radical (unpaired) electrons. The summed E-state index contributed by atoms with van der Waals surface area (Å²) in [6.45, 7) is -0.103. The Balaban J connectivity index is 1.62. The van der Waals surface area contributed by atoms with Crippen LogP contribution in [0.4, 0.5) is 5.69 Å². The van der Waals surface area contributed by atoms with Crippen molar-refractivity contribution in [1.82, 2.24) is 9.97 Å². The van der Waals surface area contributed by atoms with Crippen LogP contribution in [0.2, 0.25) is 0 Å². The Labute approximate surface area is 139 Å². The third kappa shape index (κ3) is 3.73. The van der Waals surface area contributed by atoms with E-state index in [2.05, 4.69) is 15.3 Å². The third-order valence-electron chi connectivity index (χ3n) is 3.38. The lowest BCUT2D eigenvalue weighted by Gasteiger charge is -2.11. The number of imidazole rings is 1. The number of ether oxygens (including phenoxy) is 2. The van der Waals surface area contributed by atoms with Gasteiger partial charge in [0, 0.05) is 11.3 Å². The maximum absolute atomic E-state index is 12.1. The van der Waals surface area contributed by atoms with Crippen molar-refractivity contribution in [2.24, 2.45) is 0 Å². The van der Waals surface area contributed by atoms with Gasteiger partial charge in [0.15, 0.2) is 18.1 Å². The van der Waals surface area contributed by atoms with Crippen LogP contribution < -0.4 is 14.8 Å². The number of methoxy groups -OCH3 is 1. The molecule has 24 heavy (non-hydrogen) atoms. The highest BCUT2D eigenvalue weighted by Crippen LogP contribution is 2.25. The zero-order chi connectivity index (χ0) is 16.8. The van der Waals surface area contributed by atoms with Gasteiger partial charge in [-0.1, -0.05) is 24.3 Å². The van der Waals surface area contributed by atoms with E-state index in [0.717, 1.165) is 11.3 Å². The summed E-state index contributed by atoms with van der Waals surface area (Å²) in [5, 5.41) is 2.81. The summed E-state index contributed by atoms with van der Waals surface area (Å²) in [6.07, 6.45) is 3.34. The van der Waals surface area contributed by atoms with Crippen molar-refractivity contribution in [3.63, 3.8) is 0 Å². The highest BCUT2D eigenvalue weighted by atomic mass is 16.5. The molecule has 0 bridgehead atoms. The Kier molecular flexibility index (Phi) is 4.76. The predicted molar refractivity (Wildman–Crippen MR) is 91.1 cm³/mol. The van der Waals surface area contributed by atoms with Crippen LogP contribution in [0.3, 0.4) is 0 Å². The van der Waals surface area contributed by atoms with Gasteiger partial charge in [-0.2, -0.15) is 0 Å². The lowest BCUT2D eigenvalue weighted by molar-refractivity contribution is -0.118. The van der Waals surface area contributed by atoms with E-state index in [0.29, 0.717) is 17.2 Å². The van der Waals surface area contributed by atoms with Crippen LogP contribution in [0.5, 0.6) is 11.5 Å². The minimum absolute atomic E-state index is 0.103. The molecule has 0 aliphatic carbocycles. The van der Waals surface area contributed by atoms with Crippen LogP contribution in [0, 0.1) is 0 Å². The molecule has 0 unspecified atom stereocenters. The number of anilines is 1. The van der Waals surface area contributed by atoms with Gasteiger partial charge in [0.05, 0.1) is 25.3 Å². The minimum atomic E-state index is -0.248. The first-order valence-corrected chi connectivity index (χ1v) is 7.41. The van der Waals surface area contributed by atoms with Crippen LogP contribution in [0.25, 0.3) is 11.3 Å². The average Bonchev–Trinajstić information content (AvgIpc) is 3.15.